The number of benzene rings is 2. The summed E-state index contributed by atoms with van der Waals surface area (Å²) < 4.78 is 47.0. The van der Waals surface area contributed by atoms with Gasteiger partial charge in [-0.3, -0.25) is 14.4 Å². The average Bonchev–Trinajstić information content (AvgIpc) is 3.31. The average molecular weight is 922 g/mol. The molecule has 0 aromatic heterocycles. The van der Waals surface area contributed by atoms with Crippen LogP contribution in [0.2, 0.25) is 0 Å². The van der Waals surface area contributed by atoms with Crippen molar-refractivity contribution < 1.29 is 62.6 Å². The first-order valence-corrected chi connectivity index (χ1v) is 24.0. The van der Waals surface area contributed by atoms with Gasteiger partial charge < -0.3 is 43.9 Å². The normalized spacial score (nSPS) is 38.2. The van der Waals surface area contributed by atoms with Gasteiger partial charge in [0.1, 0.15) is 42.1 Å². The number of nitrogens with zero attached hydrogens (tertiary/aromatic N) is 1. The van der Waals surface area contributed by atoms with Crippen LogP contribution < -0.4 is 4.74 Å². The number of fused-ring (bicyclic) bond motifs is 4. The number of aliphatic hydroxyl groups excluding tert-OH is 2. The molecule has 3 N–H and O–H groups in total. The highest BCUT2D eigenvalue weighted by molar-refractivity contribution is 6.39. The van der Waals surface area contributed by atoms with Gasteiger partial charge in [0, 0.05) is 50.3 Å². The molecule has 1 amide bonds. The molecule has 66 heavy (non-hydrogen) atoms. The van der Waals surface area contributed by atoms with Gasteiger partial charge in [0.2, 0.25) is 5.79 Å². The first kappa shape index (κ1) is 51.3. The van der Waals surface area contributed by atoms with Gasteiger partial charge in [-0.25, -0.2) is 9.18 Å². The molecule has 14 heteroatoms. The van der Waals surface area contributed by atoms with Crippen molar-refractivity contribution in [3.8, 4) is 5.75 Å². The van der Waals surface area contributed by atoms with Gasteiger partial charge >= 0.3 is 5.97 Å². The summed E-state index contributed by atoms with van der Waals surface area (Å²) >= 11 is 0. The summed E-state index contributed by atoms with van der Waals surface area (Å²) in [5, 5.41) is 37.0. The summed E-state index contributed by atoms with van der Waals surface area (Å²) in [6, 6.07) is 12.4. The first-order chi connectivity index (χ1) is 31.4. The Morgan fingerprint density at radius 2 is 1.61 bits per heavy atom. The summed E-state index contributed by atoms with van der Waals surface area (Å²) in [7, 11) is 2.88. The number of hydrogen-bond acceptors (Lipinski definition) is 12. The van der Waals surface area contributed by atoms with Crippen LogP contribution in [0.4, 0.5) is 4.39 Å². The molecule has 2 bridgehead atoms. The molecule has 15 unspecified atom stereocenters. The SMILES string of the molecule is CCC1/C=C(\C)C(F)C(C)CC(OC)C2OC(O)(C(=O)C(=O)N3CCCCC3C(=O)OC(C(C)=CC3CCC(O)C(Oc4cccc5ccccc45)C3)C(C)C(O)CC1=O)C(C)CC2OC. The van der Waals surface area contributed by atoms with Crippen molar-refractivity contribution in [3.05, 3.63) is 65.8 Å². The number of ether oxygens (including phenoxy) is 5. The van der Waals surface area contributed by atoms with Crippen LogP contribution in [0.5, 0.6) is 5.75 Å². The lowest BCUT2D eigenvalue weighted by Crippen LogP contribution is -2.64. The smallest absolute Gasteiger partial charge is 0.329 e. The number of piperidine rings is 1. The summed E-state index contributed by atoms with van der Waals surface area (Å²) in [6.45, 7) is 10.2. The number of allylic oxidation sites excluding steroid dienone is 3. The highest BCUT2D eigenvalue weighted by Gasteiger charge is 2.57. The fourth-order valence-corrected chi connectivity index (χ4v) is 10.6. The van der Waals surface area contributed by atoms with Crippen molar-refractivity contribution in [1.29, 1.82) is 0 Å². The van der Waals surface area contributed by atoms with Crippen molar-refractivity contribution >= 4 is 34.2 Å². The van der Waals surface area contributed by atoms with E-state index in [9.17, 15) is 34.5 Å². The second-order valence-corrected chi connectivity index (χ2v) is 19.5. The van der Waals surface area contributed by atoms with Crippen LogP contribution in [0, 0.1) is 29.6 Å². The van der Waals surface area contributed by atoms with Gasteiger partial charge in [0.15, 0.2) is 0 Å². The number of Topliss-reactive ketones (excluding diaryl/α,β-unsaturated/α-hetero) is 2. The minimum atomic E-state index is -2.62. The topological polar surface area (TPSA) is 178 Å². The molecule has 6 rings (SSSR count). The summed E-state index contributed by atoms with van der Waals surface area (Å²) in [4.78, 5) is 58.4. The second kappa shape index (κ2) is 22.4. The minimum absolute atomic E-state index is 0.0362. The van der Waals surface area contributed by atoms with E-state index in [1.54, 1.807) is 40.7 Å². The maximum absolute atomic E-state index is 16.3. The van der Waals surface area contributed by atoms with E-state index in [0.717, 1.165) is 15.7 Å². The van der Waals surface area contributed by atoms with Crippen LogP contribution in [0.1, 0.15) is 106 Å². The predicted molar refractivity (Wildman–Crippen MR) is 246 cm³/mol. The number of aliphatic hydroxyl groups is 3. The molecule has 3 aliphatic heterocycles. The zero-order valence-electron chi connectivity index (χ0n) is 39.9. The number of carbonyl (C=O) groups is 4. The zero-order chi connectivity index (χ0) is 48.0. The lowest BCUT2D eigenvalue weighted by Gasteiger charge is -2.47. The number of methoxy groups -OCH3 is 2. The summed E-state index contributed by atoms with van der Waals surface area (Å²) in [6.07, 6.45) is -1.23. The van der Waals surface area contributed by atoms with E-state index >= 15 is 4.39 Å². The van der Waals surface area contributed by atoms with Gasteiger partial charge in [-0.15, -0.1) is 0 Å². The Hall–Kier alpha value is -4.05. The van der Waals surface area contributed by atoms with Crippen molar-refractivity contribution in [2.75, 3.05) is 20.8 Å². The number of carbonyl (C=O) groups excluding carboxylic acids is 4. The van der Waals surface area contributed by atoms with Crippen LogP contribution in [-0.2, 0) is 38.1 Å². The monoisotopic (exact) mass is 922 g/mol. The fraction of sp³-hybridized carbons (Fsp3) is 0.654. The quantitative estimate of drug-likeness (QED) is 0.147. The standard InChI is InChI=1S/C52H72FNO12/c1-9-35-24-29(2)46(53)30(3)25-44(62-7)48-45(63-8)26-32(5)52(61,66-48)49(58)50(59)54-22-13-12-18-38(54)51(60)65-47(33(6)40(56)28-41(35)57)31(4)23-34-20-21-39(55)43(27-34)64-42-19-14-16-36-15-10-11-17-37(36)42/h10-11,14-17,19,23-24,30,32-35,38-40,43-48,55-56,61H,9,12-13,18,20-22,25-28H2,1-8H3/b29-24+,31-23?. The molecule has 15 atom stereocenters. The van der Waals surface area contributed by atoms with Crippen molar-refractivity contribution in [2.45, 2.75) is 166 Å². The highest BCUT2D eigenvalue weighted by Crippen LogP contribution is 2.40. The zero-order valence-corrected chi connectivity index (χ0v) is 39.9. The van der Waals surface area contributed by atoms with E-state index in [1.807, 2.05) is 55.5 Å². The van der Waals surface area contributed by atoms with E-state index in [4.69, 9.17) is 23.7 Å². The molecule has 2 aromatic rings. The Labute approximate surface area is 389 Å². The number of halogens is 1. The molecule has 1 saturated carbocycles. The number of rotatable bonds is 7. The molecular formula is C52H72FNO12. The van der Waals surface area contributed by atoms with Crippen LogP contribution in [0.15, 0.2) is 65.8 Å². The lowest BCUT2D eigenvalue weighted by atomic mass is 9.81. The van der Waals surface area contributed by atoms with Crippen molar-refractivity contribution in [2.24, 2.45) is 29.6 Å². The Morgan fingerprint density at radius 1 is 0.909 bits per heavy atom. The molecule has 1 aliphatic carbocycles. The van der Waals surface area contributed by atoms with Crippen molar-refractivity contribution in [3.63, 3.8) is 0 Å². The van der Waals surface area contributed by atoms with E-state index in [-0.39, 0.29) is 43.9 Å². The van der Waals surface area contributed by atoms with Gasteiger partial charge in [0.05, 0.1) is 24.4 Å². The third-order valence-corrected chi connectivity index (χ3v) is 14.8. The van der Waals surface area contributed by atoms with Gasteiger partial charge in [-0.05, 0) is 106 Å². The molecule has 0 radical (unpaired) electrons. The van der Waals surface area contributed by atoms with Crippen LogP contribution in [0.3, 0.4) is 0 Å². The Morgan fingerprint density at radius 3 is 2.32 bits per heavy atom. The van der Waals surface area contributed by atoms with Crippen LogP contribution >= 0.6 is 0 Å². The number of ketones is 2. The van der Waals surface area contributed by atoms with E-state index in [0.29, 0.717) is 55.4 Å². The number of alkyl halides is 1. The highest BCUT2D eigenvalue weighted by atomic mass is 19.1. The number of hydrogen-bond donors (Lipinski definition) is 3. The maximum atomic E-state index is 16.3. The molecule has 2 aromatic carbocycles. The number of amides is 1. The second-order valence-electron chi connectivity index (χ2n) is 19.5. The Balaban J connectivity index is 1.35. The Kier molecular flexibility index (Phi) is 17.4. The maximum Gasteiger partial charge on any atom is 0.329 e. The van der Waals surface area contributed by atoms with Crippen LogP contribution in [0.25, 0.3) is 10.8 Å². The third-order valence-electron chi connectivity index (χ3n) is 14.8. The van der Waals surface area contributed by atoms with E-state index in [2.05, 4.69) is 0 Å². The summed E-state index contributed by atoms with van der Waals surface area (Å²) in [5.74, 6) is -8.67. The lowest BCUT2D eigenvalue weighted by molar-refractivity contribution is -0.302. The van der Waals surface area contributed by atoms with E-state index < -0.39 is 102 Å². The predicted octanol–water partition coefficient (Wildman–Crippen LogP) is 7.01. The molecule has 4 aliphatic rings. The van der Waals surface area contributed by atoms with Gasteiger partial charge in [0.25, 0.3) is 11.7 Å². The molecule has 3 fully saturated rings. The van der Waals surface area contributed by atoms with Crippen LogP contribution in [-0.4, -0.2) is 125 Å². The summed E-state index contributed by atoms with van der Waals surface area (Å²) in [5.41, 5.74) is 0.922. The molecule has 0 spiro atoms. The first-order valence-electron chi connectivity index (χ1n) is 24.0. The fourth-order valence-electron chi connectivity index (χ4n) is 10.6. The molecule has 364 valence electrons. The number of cyclic esters (lactones) is 1. The van der Waals surface area contributed by atoms with E-state index in [1.165, 1.54) is 14.2 Å². The van der Waals surface area contributed by atoms with Gasteiger partial charge in [-0.2, -0.15) is 0 Å². The Bertz CT molecular complexity index is 2090. The van der Waals surface area contributed by atoms with Crippen molar-refractivity contribution in [1.82, 2.24) is 4.90 Å². The molecule has 2 saturated heterocycles. The molecular weight excluding hydrogens is 850 g/mol. The largest absolute Gasteiger partial charge is 0.487 e. The molecule has 3 heterocycles. The minimum Gasteiger partial charge on any atom is -0.487 e. The third kappa shape index (κ3) is 11.3. The molecule has 13 nitrogen and oxygen atoms in total. The number of esters is 1. The van der Waals surface area contributed by atoms with Gasteiger partial charge in [-0.1, -0.05) is 76.2 Å².